The van der Waals surface area contributed by atoms with Crippen LogP contribution in [0, 0.1) is 10.8 Å². The van der Waals surface area contributed by atoms with Gasteiger partial charge in [0.05, 0.1) is 0 Å². The zero-order valence-corrected chi connectivity index (χ0v) is 34.9. The number of hydrogen-bond acceptors (Lipinski definition) is 6. The first-order valence-electron chi connectivity index (χ1n) is 21.7. The number of fused-ring (bicyclic) bond motifs is 2. The zero-order valence-electron chi connectivity index (χ0n) is 34.9. The van der Waals surface area contributed by atoms with Crippen LogP contribution in [-0.2, 0) is 12.8 Å². The Kier molecular flexibility index (Phi) is 15.5. The third kappa shape index (κ3) is 9.82. The molecule has 2 spiro atoms. The topological polar surface area (TPSA) is 105 Å². The Labute approximate surface area is 360 Å². The van der Waals surface area contributed by atoms with E-state index in [0.29, 0.717) is 30.0 Å². The predicted molar refractivity (Wildman–Crippen MR) is 247 cm³/mol. The third-order valence-corrected chi connectivity index (χ3v) is 13.5. The number of carbonyl (C=O) groups is 2. The molecule has 4 aromatic rings. The first-order valence-corrected chi connectivity index (χ1v) is 21.7. The maximum Gasteiger partial charge on any atom is 0.253 e. The number of amides is 2. The highest BCUT2D eigenvalue weighted by atomic mass is 16.3. The van der Waals surface area contributed by atoms with Gasteiger partial charge in [0.15, 0.2) is 0 Å². The predicted octanol–water partition coefficient (Wildman–Crippen LogP) is 9.83. The molecular weight excluding hydrogens is 745 g/mol. The molecule has 1 atom stereocenters. The molecule has 4 aromatic carbocycles. The van der Waals surface area contributed by atoms with Crippen molar-refractivity contribution >= 4 is 17.4 Å². The molecule has 2 aliphatic carbocycles. The molecule has 2 amide bonds. The van der Waals surface area contributed by atoms with Gasteiger partial charge in [0, 0.05) is 43.2 Å². The van der Waals surface area contributed by atoms with E-state index < -0.39 is 0 Å². The lowest BCUT2D eigenvalue weighted by molar-refractivity contribution is 0.0765. The van der Waals surface area contributed by atoms with Crippen LogP contribution < -0.4 is 10.6 Å². The van der Waals surface area contributed by atoms with Crippen LogP contribution in [0.3, 0.4) is 0 Å². The van der Waals surface area contributed by atoms with Crippen molar-refractivity contribution in [2.45, 2.75) is 93.4 Å². The number of rotatable bonds is 8. The second kappa shape index (κ2) is 20.1. The van der Waals surface area contributed by atoms with E-state index in [9.17, 15) is 19.8 Å². The van der Waals surface area contributed by atoms with Crippen LogP contribution >= 0.6 is 0 Å². The van der Waals surface area contributed by atoms with E-state index in [4.69, 9.17) is 0 Å². The molecule has 60 heavy (non-hydrogen) atoms. The Morgan fingerprint density at radius 1 is 0.633 bits per heavy atom. The number of nitrogens with one attached hydrogen (secondary N) is 2. The van der Waals surface area contributed by atoms with Crippen LogP contribution in [0.2, 0.25) is 0 Å². The SMILES string of the molecule is C.C.CCN(CC)C(=O)c1ccc(C2=CC3(CCNCC3)Cc3ccc(O)cc32)cc1.CCN(CC)C(=O)c1ccc(C2CC3(CCNCC3)Cc3ccc(O)cc32)cc1. The third-order valence-electron chi connectivity index (χ3n) is 13.5. The number of piperidine rings is 2. The van der Waals surface area contributed by atoms with Gasteiger partial charge in [-0.25, -0.2) is 0 Å². The van der Waals surface area contributed by atoms with Gasteiger partial charge in [-0.2, -0.15) is 0 Å². The quantitative estimate of drug-likeness (QED) is 0.141. The number of carbonyl (C=O) groups excluding carboxylic acids is 2. The van der Waals surface area contributed by atoms with E-state index in [-0.39, 0.29) is 38.0 Å². The fraction of sp³-hybridized carbons (Fsp3) is 0.462. The summed E-state index contributed by atoms with van der Waals surface area (Å²) in [7, 11) is 0. The van der Waals surface area contributed by atoms with E-state index in [0.717, 1.165) is 93.6 Å². The average molecular weight is 815 g/mol. The zero-order chi connectivity index (χ0) is 40.9. The summed E-state index contributed by atoms with van der Waals surface area (Å²) in [5, 5.41) is 27.2. The molecule has 0 aromatic heterocycles. The molecule has 2 fully saturated rings. The van der Waals surface area contributed by atoms with Crippen molar-refractivity contribution in [3.63, 3.8) is 0 Å². The number of benzene rings is 4. The van der Waals surface area contributed by atoms with Crippen molar-refractivity contribution in [3.8, 4) is 11.5 Å². The number of hydrogen-bond donors (Lipinski definition) is 4. The summed E-state index contributed by atoms with van der Waals surface area (Å²) in [6.45, 7) is 15.1. The molecule has 1 unspecified atom stereocenters. The minimum absolute atomic E-state index is 0. The first-order chi connectivity index (χ1) is 28.1. The van der Waals surface area contributed by atoms with Crippen molar-refractivity contribution in [2.24, 2.45) is 10.8 Å². The molecule has 8 nitrogen and oxygen atoms in total. The van der Waals surface area contributed by atoms with Crippen molar-refractivity contribution in [3.05, 3.63) is 136 Å². The van der Waals surface area contributed by atoms with Crippen LogP contribution in [0.1, 0.15) is 135 Å². The summed E-state index contributed by atoms with van der Waals surface area (Å²) < 4.78 is 0. The summed E-state index contributed by atoms with van der Waals surface area (Å²) >= 11 is 0. The minimum atomic E-state index is 0. The van der Waals surface area contributed by atoms with Crippen LogP contribution in [-0.4, -0.2) is 84.2 Å². The molecule has 4 aliphatic rings. The van der Waals surface area contributed by atoms with Gasteiger partial charge in [0.2, 0.25) is 0 Å². The highest BCUT2D eigenvalue weighted by Crippen LogP contribution is 2.50. The van der Waals surface area contributed by atoms with Gasteiger partial charge in [-0.3, -0.25) is 9.59 Å². The number of aromatic hydroxyl groups is 2. The van der Waals surface area contributed by atoms with Gasteiger partial charge < -0.3 is 30.6 Å². The van der Waals surface area contributed by atoms with Gasteiger partial charge in [0.25, 0.3) is 11.8 Å². The molecule has 0 bridgehead atoms. The van der Waals surface area contributed by atoms with Gasteiger partial charge in [-0.15, -0.1) is 0 Å². The summed E-state index contributed by atoms with van der Waals surface area (Å²) in [6.07, 6.45) is 10.3. The maximum atomic E-state index is 12.7. The summed E-state index contributed by atoms with van der Waals surface area (Å²) in [5.41, 5.74) is 10.5. The Bertz CT molecular complexity index is 2090. The number of allylic oxidation sites excluding steroid dienone is 1. The highest BCUT2D eigenvalue weighted by molar-refractivity contribution is 5.95. The maximum absolute atomic E-state index is 12.7. The van der Waals surface area contributed by atoms with E-state index in [2.05, 4.69) is 53.1 Å². The fourth-order valence-corrected chi connectivity index (χ4v) is 10.0. The molecular formula is C52H70N4O4. The Morgan fingerprint density at radius 3 is 1.68 bits per heavy atom. The summed E-state index contributed by atoms with van der Waals surface area (Å²) in [4.78, 5) is 29.0. The van der Waals surface area contributed by atoms with Gasteiger partial charge >= 0.3 is 0 Å². The lowest BCUT2D eigenvalue weighted by Crippen LogP contribution is -2.41. The van der Waals surface area contributed by atoms with Crippen molar-refractivity contribution in [2.75, 3.05) is 52.4 Å². The smallest absolute Gasteiger partial charge is 0.253 e. The molecule has 2 heterocycles. The standard InChI is InChI=1S/C25H32N2O2.C25H30N2O2.2CH4/c2*1-3-27(4-2)24(29)19-7-5-18(6-8-19)23-17-25(11-13-26-14-12-25)16-20-9-10-21(28)15-22(20)23;;/h5-10,15,23,26,28H,3-4,11-14,16-17H2,1-2H3;5-10,15,17,26,28H,3-4,11-14,16H2,1-2H3;2*1H4. The molecule has 0 radical (unpaired) electrons. The molecule has 8 heteroatoms. The van der Waals surface area contributed by atoms with Crippen molar-refractivity contribution in [1.29, 1.82) is 0 Å². The average Bonchev–Trinajstić information content (AvgIpc) is 3.25. The molecule has 322 valence electrons. The molecule has 4 N–H and O–H groups in total. The lowest BCUT2D eigenvalue weighted by Gasteiger charge is -2.45. The number of nitrogens with zero attached hydrogens (tertiary/aromatic N) is 2. The van der Waals surface area contributed by atoms with E-state index in [1.54, 1.807) is 6.07 Å². The van der Waals surface area contributed by atoms with Crippen LogP contribution in [0.5, 0.6) is 11.5 Å². The molecule has 8 rings (SSSR count). The lowest BCUT2D eigenvalue weighted by atomic mass is 9.61. The molecule has 0 saturated carbocycles. The van der Waals surface area contributed by atoms with Crippen molar-refractivity contribution in [1.82, 2.24) is 20.4 Å². The first kappa shape index (κ1) is 46.2. The number of phenols is 2. The monoisotopic (exact) mass is 815 g/mol. The fourth-order valence-electron chi connectivity index (χ4n) is 10.0. The van der Waals surface area contributed by atoms with Gasteiger partial charge in [-0.1, -0.05) is 57.3 Å². The molecule has 2 aliphatic heterocycles. The molecule has 2 saturated heterocycles. The van der Waals surface area contributed by atoms with E-state index >= 15 is 0 Å². The second-order valence-corrected chi connectivity index (χ2v) is 16.9. The summed E-state index contributed by atoms with van der Waals surface area (Å²) in [6, 6.07) is 27.8. The Hall–Kier alpha value is -4.92. The minimum Gasteiger partial charge on any atom is -0.508 e. The largest absolute Gasteiger partial charge is 0.508 e. The van der Waals surface area contributed by atoms with Gasteiger partial charge in [-0.05, 0) is 197 Å². The second-order valence-electron chi connectivity index (χ2n) is 16.9. The van der Waals surface area contributed by atoms with Gasteiger partial charge in [0.1, 0.15) is 11.5 Å². The van der Waals surface area contributed by atoms with Crippen LogP contribution in [0.25, 0.3) is 5.57 Å². The van der Waals surface area contributed by atoms with E-state index in [1.807, 2.05) is 80.0 Å². The van der Waals surface area contributed by atoms with Crippen molar-refractivity contribution < 1.29 is 19.8 Å². The Balaban J connectivity index is 0.000000220. The highest BCUT2D eigenvalue weighted by Gasteiger charge is 2.41. The van der Waals surface area contributed by atoms with Crippen LogP contribution in [0.15, 0.2) is 91.0 Å². The summed E-state index contributed by atoms with van der Waals surface area (Å²) in [5.74, 6) is 1.07. The van der Waals surface area contributed by atoms with E-state index in [1.165, 1.54) is 40.7 Å². The number of phenolic OH excluding ortho intramolecular Hbond substituents is 2. The Morgan fingerprint density at radius 2 is 1.13 bits per heavy atom. The van der Waals surface area contributed by atoms with Crippen LogP contribution in [0.4, 0.5) is 0 Å². The normalized spacial score (nSPS) is 18.3.